The van der Waals surface area contributed by atoms with E-state index in [0.29, 0.717) is 24.1 Å². The van der Waals surface area contributed by atoms with Crippen molar-refractivity contribution in [2.75, 3.05) is 13.2 Å². The van der Waals surface area contributed by atoms with E-state index in [1.807, 2.05) is 6.07 Å². The monoisotopic (exact) mass is 251 g/mol. The number of rotatable bonds is 7. The highest BCUT2D eigenvalue weighted by atomic mass is 19.1. The minimum atomic E-state index is -0.218. The fourth-order valence-electron chi connectivity index (χ4n) is 1.81. The van der Waals surface area contributed by atoms with Crippen molar-refractivity contribution in [1.29, 1.82) is 0 Å². The van der Waals surface area contributed by atoms with Gasteiger partial charge in [0.1, 0.15) is 11.6 Å². The van der Waals surface area contributed by atoms with E-state index in [1.165, 1.54) is 18.9 Å². The molecule has 0 amide bonds. The van der Waals surface area contributed by atoms with Crippen molar-refractivity contribution < 1.29 is 9.13 Å². The molecule has 0 saturated heterocycles. The molecule has 0 atom stereocenters. The van der Waals surface area contributed by atoms with E-state index in [1.54, 1.807) is 6.07 Å². The molecule has 0 spiro atoms. The van der Waals surface area contributed by atoms with Gasteiger partial charge in [-0.05, 0) is 48.9 Å². The first-order valence-electron chi connectivity index (χ1n) is 6.76. The van der Waals surface area contributed by atoms with Gasteiger partial charge in [0.05, 0.1) is 6.61 Å². The van der Waals surface area contributed by atoms with E-state index in [0.717, 1.165) is 18.7 Å². The first-order chi connectivity index (χ1) is 8.63. The molecule has 1 aliphatic rings. The van der Waals surface area contributed by atoms with Gasteiger partial charge in [0.2, 0.25) is 0 Å². The second-order valence-corrected chi connectivity index (χ2v) is 5.57. The van der Waals surface area contributed by atoms with Gasteiger partial charge in [0.15, 0.2) is 0 Å². The van der Waals surface area contributed by atoms with Gasteiger partial charge in [-0.3, -0.25) is 0 Å². The Labute approximate surface area is 109 Å². The topological polar surface area (TPSA) is 21.3 Å². The zero-order chi connectivity index (χ0) is 13.0. The standard InChI is InChI=1S/C15H22FNO/c1-11(2)8-17-9-13-5-14(16)7-15(6-13)18-10-12-3-4-12/h5-7,11-12,17H,3-4,8-10H2,1-2H3. The van der Waals surface area contributed by atoms with Crippen LogP contribution in [-0.2, 0) is 6.54 Å². The van der Waals surface area contributed by atoms with Crippen LogP contribution in [0, 0.1) is 17.7 Å². The molecule has 1 N–H and O–H groups in total. The van der Waals surface area contributed by atoms with Gasteiger partial charge in [0.25, 0.3) is 0 Å². The van der Waals surface area contributed by atoms with Crippen molar-refractivity contribution in [1.82, 2.24) is 5.32 Å². The molecule has 0 aromatic heterocycles. The number of hydrogen-bond acceptors (Lipinski definition) is 2. The zero-order valence-electron chi connectivity index (χ0n) is 11.2. The van der Waals surface area contributed by atoms with E-state index >= 15 is 0 Å². The van der Waals surface area contributed by atoms with Gasteiger partial charge in [0, 0.05) is 12.6 Å². The molecule has 2 rings (SSSR count). The molecule has 0 heterocycles. The second kappa shape index (κ2) is 6.19. The highest BCUT2D eigenvalue weighted by molar-refractivity contribution is 5.29. The molecule has 0 radical (unpaired) electrons. The fraction of sp³-hybridized carbons (Fsp3) is 0.600. The largest absolute Gasteiger partial charge is 0.493 e. The van der Waals surface area contributed by atoms with E-state index in [4.69, 9.17) is 4.74 Å². The van der Waals surface area contributed by atoms with Crippen LogP contribution in [-0.4, -0.2) is 13.2 Å². The van der Waals surface area contributed by atoms with Crippen LogP contribution in [0.5, 0.6) is 5.75 Å². The minimum Gasteiger partial charge on any atom is -0.493 e. The highest BCUT2D eigenvalue weighted by Crippen LogP contribution is 2.29. The Hall–Kier alpha value is -1.09. The molecule has 1 fully saturated rings. The van der Waals surface area contributed by atoms with Crippen molar-refractivity contribution in [2.45, 2.75) is 33.2 Å². The van der Waals surface area contributed by atoms with E-state index in [-0.39, 0.29) is 5.82 Å². The maximum Gasteiger partial charge on any atom is 0.127 e. The number of ether oxygens (including phenoxy) is 1. The van der Waals surface area contributed by atoms with Crippen LogP contribution in [0.3, 0.4) is 0 Å². The van der Waals surface area contributed by atoms with Gasteiger partial charge < -0.3 is 10.1 Å². The summed E-state index contributed by atoms with van der Waals surface area (Å²) in [4.78, 5) is 0. The molecule has 1 aromatic rings. The van der Waals surface area contributed by atoms with Crippen LogP contribution in [0.15, 0.2) is 18.2 Å². The summed E-state index contributed by atoms with van der Waals surface area (Å²) in [7, 11) is 0. The van der Waals surface area contributed by atoms with Crippen LogP contribution in [0.4, 0.5) is 4.39 Å². The lowest BCUT2D eigenvalue weighted by Crippen LogP contribution is -2.19. The van der Waals surface area contributed by atoms with Crippen LogP contribution in [0.1, 0.15) is 32.3 Å². The molecule has 1 aliphatic carbocycles. The van der Waals surface area contributed by atoms with E-state index in [9.17, 15) is 4.39 Å². The first-order valence-corrected chi connectivity index (χ1v) is 6.76. The predicted octanol–water partition coefficient (Wildman–Crippen LogP) is 3.36. The summed E-state index contributed by atoms with van der Waals surface area (Å²) in [6, 6.07) is 4.96. The molecule has 100 valence electrons. The molecule has 0 aliphatic heterocycles. The minimum absolute atomic E-state index is 0.218. The van der Waals surface area contributed by atoms with E-state index in [2.05, 4.69) is 19.2 Å². The number of halogens is 1. The molecule has 18 heavy (non-hydrogen) atoms. The van der Waals surface area contributed by atoms with Gasteiger partial charge in [-0.2, -0.15) is 0 Å². The fourth-order valence-corrected chi connectivity index (χ4v) is 1.81. The molecule has 2 nitrogen and oxygen atoms in total. The van der Waals surface area contributed by atoms with Gasteiger partial charge in [-0.25, -0.2) is 4.39 Å². The van der Waals surface area contributed by atoms with Crippen LogP contribution in [0.25, 0.3) is 0 Å². The molecule has 1 aromatic carbocycles. The molecule has 0 unspecified atom stereocenters. The third-order valence-corrected chi connectivity index (χ3v) is 3.00. The quantitative estimate of drug-likeness (QED) is 0.802. The Morgan fingerprint density at radius 3 is 2.78 bits per heavy atom. The average molecular weight is 251 g/mol. The van der Waals surface area contributed by atoms with Gasteiger partial charge in [-0.1, -0.05) is 13.8 Å². The maximum absolute atomic E-state index is 13.4. The van der Waals surface area contributed by atoms with Crippen LogP contribution in [0.2, 0.25) is 0 Å². The summed E-state index contributed by atoms with van der Waals surface area (Å²) in [5, 5.41) is 3.31. The van der Waals surface area contributed by atoms with Gasteiger partial charge in [-0.15, -0.1) is 0 Å². The summed E-state index contributed by atoms with van der Waals surface area (Å²) in [6.07, 6.45) is 2.50. The van der Waals surface area contributed by atoms with Gasteiger partial charge >= 0.3 is 0 Å². The Morgan fingerprint density at radius 2 is 2.11 bits per heavy atom. The zero-order valence-corrected chi connectivity index (χ0v) is 11.2. The number of benzene rings is 1. The smallest absolute Gasteiger partial charge is 0.127 e. The third-order valence-electron chi connectivity index (χ3n) is 3.00. The second-order valence-electron chi connectivity index (χ2n) is 5.57. The normalized spacial score (nSPS) is 15.1. The molecular weight excluding hydrogens is 229 g/mol. The lowest BCUT2D eigenvalue weighted by atomic mass is 10.2. The summed E-state index contributed by atoms with van der Waals surface area (Å²) in [5.41, 5.74) is 0.946. The first kappa shape index (κ1) is 13.3. The Kier molecular flexibility index (Phi) is 4.59. The third kappa shape index (κ3) is 4.65. The number of nitrogens with one attached hydrogen (secondary N) is 1. The highest BCUT2D eigenvalue weighted by Gasteiger charge is 2.22. The molecule has 3 heteroatoms. The van der Waals surface area contributed by atoms with Crippen molar-refractivity contribution in [3.8, 4) is 5.75 Å². The lowest BCUT2D eigenvalue weighted by molar-refractivity contribution is 0.298. The summed E-state index contributed by atoms with van der Waals surface area (Å²) >= 11 is 0. The van der Waals surface area contributed by atoms with Crippen LogP contribution >= 0.6 is 0 Å². The lowest BCUT2D eigenvalue weighted by Gasteiger charge is -2.10. The Morgan fingerprint density at radius 1 is 1.33 bits per heavy atom. The maximum atomic E-state index is 13.4. The molecule has 0 bridgehead atoms. The van der Waals surface area contributed by atoms with Crippen molar-refractivity contribution in [3.63, 3.8) is 0 Å². The van der Waals surface area contributed by atoms with Crippen molar-refractivity contribution in [2.24, 2.45) is 11.8 Å². The molecular formula is C15H22FNO. The SMILES string of the molecule is CC(C)CNCc1cc(F)cc(OCC2CC2)c1. The number of hydrogen-bond donors (Lipinski definition) is 1. The summed E-state index contributed by atoms with van der Waals surface area (Å²) in [5.74, 6) is 1.73. The van der Waals surface area contributed by atoms with E-state index < -0.39 is 0 Å². The Balaban J connectivity index is 1.87. The predicted molar refractivity (Wildman–Crippen MR) is 71.2 cm³/mol. The van der Waals surface area contributed by atoms with Crippen LogP contribution < -0.4 is 10.1 Å². The summed E-state index contributed by atoms with van der Waals surface area (Å²) < 4.78 is 19.1. The molecule has 1 saturated carbocycles. The van der Waals surface area contributed by atoms with Crippen molar-refractivity contribution >= 4 is 0 Å². The average Bonchev–Trinajstić information content (AvgIpc) is 3.09. The van der Waals surface area contributed by atoms with Crippen molar-refractivity contribution in [3.05, 3.63) is 29.6 Å². The summed E-state index contributed by atoms with van der Waals surface area (Å²) in [6.45, 7) is 6.67. The Bertz CT molecular complexity index is 388.